The van der Waals surface area contributed by atoms with E-state index in [1.54, 1.807) is 0 Å². The van der Waals surface area contributed by atoms with Crippen LogP contribution in [0.2, 0.25) is 0 Å². The van der Waals surface area contributed by atoms with Crippen LogP contribution in [0.25, 0.3) is 0 Å². The molecule has 0 saturated heterocycles. The third-order valence-corrected chi connectivity index (χ3v) is 0. The maximum atomic E-state index is 9.82. The Morgan fingerprint density at radius 3 is 1.75 bits per heavy atom. The molecule has 0 spiro atoms. The second-order valence-corrected chi connectivity index (χ2v) is 0.267. The summed E-state index contributed by atoms with van der Waals surface area (Å²) in [5, 5.41) is 0. The zero-order valence-corrected chi connectivity index (χ0v) is 5.32. The minimum absolute atomic E-state index is 0. The predicted octanol–water partition coefficient (Wildman–Crippen LogP) is -0.0794. The van der Waals surface area contributed by atoms with E-state index in [0.717, 1.165) is 0 Å². The number of rotatable bonds is 0. The molecule has 0 N–H and O–H groups in total. The molecule has 0 saturated carbocycles. The van der Waals surface area contributed by atoms with Crippen molar-refractivity contribution in [2.24, 2.45) is 0 Å². The van der Waals surface area contributed by atoms with Crippen molar-refractivity contribution in [1.82, 2.24) is 0 Å². The Morgan fingerprint density at radius 2 is 1.75 bits per heavy atom. The molecule has 0 aliphatic heterocycles. The predicted molar refractivity (Wildman–Crippen MR) is 7.55 cm³/mol. The van der Waals surface area contributed by atoms with Gasteiger partial charge in [0.15, 0.2) is 0 Å². The first-order valence-electron chi connectivity index (χ1n) is 0.454. The van der Waals surface area contributed by atoms with Gasteiger partial charge >= 0.3 is 22.9 Å². The van der Waals surface area contributed by atoms with Crippen molar-refractivity contribution >= 4 is 15.6 Å². The Bertz CT molecular complexity index is 15.5. The van der Waals surface area contributed by atoms with Crippen LogP contribution in [0.4, 0.5) is 3.52 Å². The number of hydrogen-bond acceptors (Lipinski definition) is 1. The van der Waals surface area contributed by atoms with E-state index in [9.17, 15) is 3.52 Å². The van der Waals surface area contributed by atoms with Gasteiger partial charge in [-0.05, 0) is 0 Å². The summed E-state index contributed by atoms with van der Waals surface area (Å²) in [6, 6.07) is 0. The van der Waals surface area contributed by atoms with Gasteiger partial charge in [-0.3, -0.25) is 0 Å². The van der Waals surface area contributed by atoms with Gasteiger partial charge in [-0.25, -0.2) is 0 Å². The van der Waals surface area contributed by atoms with Crippen LogP contribution in [0.3, 0.4) is 0 Å². The molecule has 0 aromatic rings. The second kappa shape index (κ2) is 8.85. The SMILES string of the molecule is [Eu].[O]=[Al][F]. The average molecular weight is 214 g/mol. The fourth-order valence-electron chi connectivity index (χ4n) is 0. The van der Waals surface area contributed by atoms with E-state index in [1.807, 2.05) is 0 Å². The fraction of sp³-hybridized carbons (Fsp3) is 0. The van der Waals surface area contributed by atoms with Crippen molar-refractivity contribution in [3.63, 3.8) is 0 Å². The molecular weight excluding hydrogens is 214 g/mol. The molecule has 1 radical (unpaired) electrons. The second-order valence-electron chi connectivity index (χ2n) is 0.0891. The number of halogens is 1. The van der Waals surface area contributed by atoms with E-state index < -0.39 is 15.6 Å². The third kappa shape index (κ3) is 9.14. The molecule has 0 aliphatic carbocycles. The van der Waals surface area contributed by atoms with Crippen molar-refractivity contribution in [2.75, 3.05) is 0 Å². The average Bonchev–Trinajstić information content (AvgIpc) is 0.918. The van der Waals surface area contributed by atoms with E-state index in [1.165, 1.54) is 0 Å². The summed E-state index contributed by atoms with van der Waals surface area (Å²) < 4.78 is 18.2. The molecule has 0 atom stereocenters. The maximum absolute atomic E-state index is 9.82. The molecule has 0 aromatic carbocycles. The fourth-order valence-corrected chi connectivity index (χ4v) is 0. The Labute approximate surface area is 70.9 Å². The van der Waals surface area contributed by atoms with Crippen LogP contribution < -0.4 is 0 Å². The van der Waals surface area contributed by atoms with E-state index >= 15 is 0 Å². The zero-order valence-electron chi connectivity index (χ0n) is 1.74. The molecule has 0 heterocycles. The van der Waals surface area contributed by atoms with Gasteiger partial charge in [0.1, 0.15) is 0 Å². The summed E-state index contributed by atoms with van der Waals surface area (Å²) in [4.78, 5) is 0. The summed E-state index contributed by atoms with van der Waals surface area (Å²) in [6.45, 7) is 0. The zero-order chi connectivity index (χ0) is 2.71. The van der Waals surface area contributed by atoms with Crippen LogP contribution in [0.5, 0.6) is 0 Å². The quantitative estimate of drug-likeness (QED) is 0.515. The molecular formula is AlEuFO. The first kappa shape index (κ1) is 9.28. The Balaban J connectivity index is 0. The van der Waals surface area contributed by atoms with Crippen molar-refractivity contribution in [3.8, 4) is 0 Å². The van der Waals surface area contributed by atoms with Gasteiger partial charge in [-0.2, -0.15) is 0 Å². The first-order valence-corrected chi connectivity index (χ1v) is 1.36. The Kier molecular flexibility index (Phi) is 20.5. The molecule has 0 bridgehead atoms. The summed E-state index contributed by atoms with van der Waals surface area (Å²) in [7, 11) is 0. The molecule has 0 fully saturated rings. The minimum atomic E-state index is -2.00. The van der Waals surface area contributed by atoms with Gasteiger partial charge in [-0.15, -0.1) is 0 Å². The van der Waals surface area contributed by atoms with Crippen LogP contribution in [-0.4, -0.2) is 15.6 Å². The van der Waals surface area contributed by atoms with Gasteiger partial charge in [0.05, 0.1) is 0 Å². The van der Waals surface area contributed by atoms with Gasteiger partial charge in [0, 0.05) is 49.4 Å². The van der Waals surface area contributed by atoms with E-state index in [4.69, 9.17) is 3.80 Å². The first-order chi connectivity index (χ1) is 1.41. The van der Waals surface area contributed by atoms with Crippen LogP contribution in [0.15, 0.2) is 0 Å². The summed E-state index contributed by atoms with van der Waals surface area (Å²) in [5.41, 5.74) is 0. The van der Waals surface area contributed by atoms with Crippen LogP contribution in [0.1, 0.15) is 0 Å². The van der Waals surface area contributed by atoms with Gasteiger partial charge in [0.2, 0.25) is 0 Å². The topological polar surface area (TPSA) is 17.1 Å². The van der Waals surface area contributed by atoms with Crippen molar-refractivity contribution in [1.29, 1.82) is 0 Å². The Hall–Kier alpha value is 1.85. The van der Waals surface area contributed by atoms with E-state index in [0.29, 0.717) is 0 Å². The third-order valence-electron chi connectivity index (χ3n) is 0. The molecule has 0 amide bonds. The van der Waals surface area contributed by atoms with E-state index in [2.05, 4.69) is 0 Å². The van der Waals surface area contributed by atoms with Crippen molar-refractivity contribution in [2.45, 2.75) is 0 Å². The molecule has 4 heavy (non-hydrogen) atoms. The van der Waals surface area contributed by atoms with E-state index in [-0.39, 0.29) is 49.4 Å². The summed E-state index contributed by atoms with van der Waals surface area (Å²) in [6.07, 6.45) is 0. The molecule has 1 nitrogen and oxygen atoms in total. The van der Waals surface area contributed by atoms with Gasteiger partial charge in [0.25, 0.3) is 0 Å². The normalized spacial score (nSPS) is 2.25. The molecule has 0 unspecified atom stereocenters. The standard InChI is InChI=1S/Al.Eu.FH.O/h;;1H;/q+1;;;/p-1. The molecule has 4 heteroatoms. The van der Waals surface area contributed by atoms with Gasteiger partial charge < -0.3 is 0 Å². The molecule has 23 valence electrons. The molecule has 0 aromatic heterocycles. The number of hydrogen-bond donors (Lipinski definition) is 0. The summed E-state index contributed by atoms with van der Waals surface area (Å²) >= 11 is -2.00. The Morgan fingerprint density at radius 1 is 1.75 bits per heavy atom. The van der Waals surface area contributed by atoms with Crippen molar-refractivity contribution < 1.29 is 56.7 Å². The van der Waals surface area contributed by atoms with Crippen LogP contribution in [-0.2, 0) is 3.80 Å². The van der Waals surface area contributed by atoms with Crippen LogP contribution >= 0.6 is 0 Å². The monoisotopic (exact) mass is 215 g/mol. The molecule has 0 rings (SSSR count). The summed E-state index contributed by atoms with van der Waals surface area (Å²) in [5.74, 6) is 0. The van der Waals surface area contributed by atoms with Gasteiger partial charge in [-0.1, -0.05) is 0 Å². The molecule has 0 aliphatic rings. The van der Waals surface area contributed by atoms with Crippen molar-refractivity contribution in [3.05, 3.63) is 0 Å². The van der Waals surface area contributed by atoms with Crippen LogP contribution in [0, 0.1) is 49.4 Å².